The van der Waals surface area contributed by atoms with Crippen LogP contribution in [0.4, 0.5) is 13.6 Å². The van der Waals surface area contributed by atoms with E-state index >= 15 is 0 Å². The van der Waals surface area contributed by atoms with E-state index < -0.39 is 23.6 Å². The van der Waals surface area contributed by atoms with Gasteiger partial charge in [-0.1, -0.05) is 35.3 Å². The summed E-state index contributed by atoms with van der Waals surface area (Å²) in [6, 6.07) is 7.56. The number of hydrogen-bond acceptors (Lipinski definition) is 2. The van der Waals surface area contributed by atoms with Crippen LogP contribution in [0.5, 0.6) is 0 Å². The largest absolute Gasteiger partial charge is 0.337 e. The number of amides is 3. The number of urea groups is 1. The molecule has 4 nitrogen and oxygen atoms in total. The lowest BCUT2D eigenvalue weighted by Gasteiger charge is -2.09. The molecule has 0 atom stereocenters. The highest BCUT2D eigenvalue weighted by atomic mass is 35.5. The summed E-state index contributed by atoms with van der Waals surface area (Å²) in [6.07, 6.45) is -0.218. The van der Waals surface area contributed by atoms with Crippen LogP contribution in [-0.2, 0) is 17.6 Å². The van der Waals surface area contributed by atoms with Crippen molar-refractivity contribution in [3.05, 3.63) is 69.2 Å². The monoisotopic (exact) mass is 386 g/mol. The third-order valence-corrected chi connectivity index (χ3v) is 4.08. The van der Waals surface area contributed by atoms with E-state index in [1.165, 1.54) is 30.3 Å². The minimum absolute atomic E-state index is 0.00704. The van der Waals surface area contributed by atoms with Crippen LogP contribution in [0.1, 0.15) is 11.1 Å². The molecule has 0 fully saturated rings. The Kier molecular flexibility index (Phi) is 6.73. The summed E-state index contributed by atoms with van der Waals surface area (Å²) in [5, 5.41) is 4.82. The molecule has 0 bridgehead atoms. The number of carbonyl (C=O) groups excluding carboxylic acids is 2. The van der Waals surface area contributed by atoms with Gasteiger partial charge < -0.3 is 5.32 Å². The van der Waals surface area contributed by atoms with E-state index in [2.05, 4.69) is 10.6 Å². The van der Waals surface area contributed by atoms with Crippen LogP contribution in [0.2, 0.25) is 10.0 Å². The molecule has 0 aliphatic heterocycles. The Morgan fingerprint density at radius 1 is 0.920 bits per heavy atom. The van der Waals surface area contributed by atoms with E-state index in [0.717, 1.165) is 0 Å². The molecule has 0 saturated heterocycles. The predicted molar refractivity (Wildman–Crippen MR) is 91.8 cm³/mol. The standard InChI is InChI=1S/C17H14Cl2F2N2O2/c18-12-3-1-5-14(20)10(12)7-8-22-17(25)23-16(24)9-11-13(19)4-2-6-15(11)21/h1-6H,7-9H2,(H2,22,23,24,25). The Bertz CT molecular complexity index is 760. The van der Waals surface area contributed by atoms with Gasteiger partial charge in [0.05, 0.1) is 6.42 Å². The zero-order chi connectivity index (χ0) is 18.4. The maximum atomic E-state index is 13.6. The van der Waals surface area contributed by atoms with E-state index in [-0.39, 0.29) is 40.6 Å². The summed E-state index contributed by atoms with van der Waals surface area (Å²) in [4.78, 5) is 23.5. The van der Waals surface area contributed by atoms with Gasteiger partial charge in [0, 0.05) is 27.7 Å². The average Bonchev–Trinajstić information content (AvgIpc) is 2.54. The molecule has 8 heteroatoms. The van der Waals surface area contributed by atoms with Crippen LogP contribution in [0.15, 0.2) is 36.4 Å². The van der Waals surface area contributed by atoms with Crippen molar-refractivity contribution >= 4 is 35.1 Å². The van der Waals surface area contributed by atoms with Crippen molar-refractivity contribution in [2.24, 2.45) is 0 Å². The molecule has 0 aliphatic rings. The van der Waals surface area contributed by atoms with Crippen molar-refractivity contribution in [3.63, 3.8) is 0 Å². The lowest BCUT2D eigenvalue weighted by Crippen LogP contribution is -2.41. The molecular formula is C17H14Cl2F2N2O2. The van der Waals surface area contributed by atoms with Crippen molar-refractivity contribution in [1.82, 2.24) is 10.6 Å². The lowest BCUT2D eigenvalue weighted by molar-refractivity contribution is -0.119. The first-order valence-corrected chi connectivity index (χ1v) is 8.07. The molecule has 2 N–H and O–H groups in total. The molecule has 0 spiro atoms. The van der Waals surface area contributed by atoms with Crippen LogP contribution in [0.3, 0.4) is 0 Å². The summed E-state index contributed by atoms with van der Waals surface area (Å²) < 4.78 is 27.2. The summed E-state index contributed by atoms with van der Waals surface area (Å²) in [5.74, 6) is -1.81. The maximum absolute atomic E-state index is 13.6. The number of halogens is 4. The van der Waals surface area contributed by atoms with Crippen molar-refractivity contribution in [2.75, 3.05) is 6.54 Å². The van der Waals surface area contributed by atoms with Gasteiger partial charge in [0.25, 0.3) is 0 Å². The van der Waals surface area contributed by atoms with Gasteiger partial charge in [-0.25, -0.2) is 13.6 Å². The molecule has 25 heavy (non-hydrogen) atoms. The molecule has 2 aromatic carbocycles. The van der Waals surface area contributed by atoms with Gasteiger partial charge >= 0.3 is 6.03 Å². The molecular weight excluding hydrogens is 373 g/mol. The zero-order valence-electron chi connectivity index (χ0n) is 12.9. The summed E-state index contributed by atoms with van der Waals surface area (Å²) in [7, 11) is 0. The van der Waals surface area contributed by atoms with Gasteiger partial charge in [-0.05, 0) is 30.7 Å². The predicted octanol–water partition coefficient (Wildman–Crippen LogP) is 3.88. The number of rotatable bonds is 5. The SMILES string of the molecule is O=C(Cc1c(F)cccc1Cl)NC(=O)NCCc1c(F)cccc1Cl. The maximum Gasteiger partial charge on any atom is 0.321 e. The minimum Gasteiger partial charge on any atom is -0.337 e. The highest BCUT2D eigenvalue weighted by molar-refractivity contribution is 6.31. The Labute approximate surface area is 153 Å². The van der Waals surface area contributed by atoms with E-state index in [1.54, 1.807) is 6.07 Å². The van der Waals surface area contributed by atoms with E-state index in [1.807, 2.05) is 0 Å². The molecule has 3 amide bonds. The third-order valence-electron chi connectivity index (χ3n) is 3.37. The number of hydrogen-bond donors (Lipinski definition) is 2. The van der Waals surface area contributed by atoms with Gasteiger partial charge in [-0.3, -0.25) is 10.1 Å². The molecule has 0 aromatic heterocycles. The second-order valence-electron chi connectivity index (χ2n) is 5.13. The van der Waals surface area contributed by atoms with E-state index in [4.69, 9.17) is 23.2 Å². The summed E-state index contributed by atoms with van der Waals surface area (Å²) >= 11 is 11.7. The number of nitrogens with one attached hydrogen (secondary N) is 2. The van der Waals surface area contributed by atoms with Crippen molar-refractivity contribution < 1.29 is 18.4 Å². The highest BCUT2D eigenvalue weighted by Gasteiger charge is 2.14. The first-order chi connectivity index (χ1) is 11.9. The van der Waals surface area contributed by atoms with Gasteiger partial charge in [-0.15, -0.1) is 0 Å². The van der Waals surface area contributed by atoms with Gasteiger partial charge in [-0.2, -0.15) is 0 Å². The highest BCUT2D eigenvalue weighted by Crippen LogP contribution is 2.20. The number of carbonyl (C=O) groups is 2. The molecule has 0 unspecified atom stereocenters. The summed E-state index contributed by atoms with van der Waals surface area (Å²) in [5.41, 5.74) is 0.279. The third kappa shape index (κ3) is 5.41. The van der Waals surface area contributed by atoms with Crippen LogP contribution in [-0.4, -0.2) is 18.5 Å². The molecule has 132 valence electrons. The first kappa shape index (κ1) is 19.1. The second kappa shape index (κ2) is 8.78. The Morgan fingerprint density at radius 3 is 2.04 bits per heavy atom. The average molecular weight is 387 g/mol. The quantitative estimate of drug-likeness (QED) is 0.818. The molecule has 2 rings (SSSR count). The van der Waals surface area contributed by atoms with Crippen LogP contribution < -0.4 is 10.6 Å². The van der Waals surface area contributed by atoms with Gasteiger partial charge in [0.15, 0.2) is 0 Å². The van der Waals surface area contributed by atoms with Crippen LogP contribution in [0, 0.1) is 11.6 Å². The number of benzene rings is 2. The Hall–Kier alpha value is -2.18. The molecule has 0 saturated carbocycles. The van der Waals surface area contributed by atoms with Crippen molar-refractivity contribution in [3.8, 4) is 0 Å². The van der Waals surface area contributed by atoms with E-state index in [0.29, 0.717) is 0 Å². The fourth-order valence-corrected chi connectivity index (χ4v) is 2.64. The second-order valence-corrected chi connectivity index (χ2v) is 5.95. The van der Waals surface area contributed by atoms with Gasteiger partial charge in [0.2, 0.25) is 5.91 Å². The summed E-state index contributed by atoms with van der Waals surface area (Å²) in [6.45, 7) is 0.0697. The molecule has 0 aliphatic carbocycles. The fourth-order valence-electron chi connectivity index (χ4n) is 2.15. The van der Waals surface area contributed by atoms with E-state index in [9.17, 15) is 18.4 Å². The van der Waals surface area contributed by atoms with Crippen LogP contribution in [0.25, 0.3) is 0 Å². The molecule has 0 radical (unpaired) electrons. The topological polar surface area (TPSA) is 58.2 Å². The van der Waals surface area contributed by atoms with Crippen molar-refractivity contribution in [1.29, 1.82) is 0 Å². The Balaban J connectivity index is 1.83. The molecule has 2 aromatic rings. The Morgan fingerprint density at radius 2 is 1.48 bits per heavy atom. The fraction of sp³-hybridized carbons (Fsp3) is 0.176. The minimum atomic E-state index is -0.773. The normalized spacial score (nSPS) is 10.4. The van der Waals surface area contributed by atoms with Crippen molar-refractivity contribution in [2.45, 2.75) is 12.8 Å². The number of imide groups is 1. The van der Waals surface area contributed by atoms with Crippen LogP contribution >= 0.6 is 23.2 Å². The lowest BCUT2D eigenvalue weighted by atomic mass is 10.1. The molecule has 0 heterocycles. The smallest absolute Gasteiger partial charge is 0.321 e. The zero-order valence-corrected chi connectivity index (χ0v) is 14.4. The first-order valence-electron chi connectivity index (χ1n) is 7.32. The van der Waals surface area contributed by atoms with Gasteiger partial charge in [0.1, 0.15) is 11.6 Å².